The van der Waals surface area contributed by atoms with Gasteiger partial charge in [-0.15, -0.1) is 0 Å². The number of nitrogens with one attached hydrogen (secondary N) is 2. The molecule has 0 aliphatic carbocycles. The molecule has 34 heavy (non-hydrogen) atoms. The van der Waals surface area contributed by atoms with Crippen molar-refractivity contribution in [1.29, 1.82) is 0 Å². The van der Waals surface area contributed by atoms with Crippen LogP contribution in [-0.2, 0) is 22.4 Å². The Morgan fingerprint density at radius 3 is 1.32 bits per heavy atom. The van der Waals surface area contributed by atoms with Crippen LogP contribution in [0.1, 0.15) is 38.8 Å². The third kappa shape index (κ3) is 8.24. The molecule has 0 unspecified atom stereocenters. The molecule has 7 nitrogen and oxygen atoms in total. The van der Waals surface area contributed by atoms with Gasteiger partial charge >= 0.3 is 0 Å². The third-order valence-electron chi connectivity index (χ3n) is 6.12. The van der Waals surface area contributed by atoms with Crippen LogP contribution in [0.2, 0.25) is 0 Å². The Labute approximate surface area is 203 Å². The van der Waals surface area contributed by atoms with Crippen LogP contribution in [0.15, 0.2) is 60.7 Å². The molecule has 0 bridgehead atoms. The summed E-state index contributed by atoms with van der Waals surface area (Å²) in [4.78, 5) is 25.7. The van der Waals surface area contributed by atoms with E-state index in [2.05, 4.69) is 10.6 Å². The minimum absolute atomic E-state index is 0.0571. The highest BCUT2D eigenvalue weighted by Crippen LogP contribution is 2.15. The van der Waals surface area contributed by atoms with E-state index in [-0.39, 0.29) is 23.7 Å². The van der Waals surface area contributed by atoms with E-state index in [0.717, 1.165) is 11.1 Å². The molecule has 2 amide bonds. The molecule has 2 rings (SSSR count). The first-order chi connectivity index (χ1) is 16.1. The van der Waals surface area contributed by atoms with Crippen LogP contribution >= 0.6 is 0 Å². The first-order valence-corrected chi connectivity index (χ1v) is 12.0. The van der Waals surface area contributed by atoms with Crippen LogP contribution in [0, 0.1) is 11.8 Å². The van der Waals surface area contributed by atoms with E-state index in [0.29, 0.717) is 12.8 Å². The van der Waals surface area contributed by atoms with E-state index in [1.54, 1.807) is 0 Å². The van der Waals surface area contributed by atoms with Crippen molar-refractivity contribution in [3.63, 3.8) is 0 Å². The zero-order chi connectivity index (χ0) is 25.3. The quantitative estimate of drug-likeness (QED) is 0.324. The van der Waals surface area contributed by atoms with Gasteiger partial charge in [0.1, 0.15) is 0 Å². The Hall–Kier alpha value is -2.74. The molecule has 7 heteroatoms. The molecule has 2 aromatic carbocycles. The number of amides is 2. The van der Waals surface area contributed by atoms with Crippen LogP contribution < -0.4 is 22.1 Å². The highest BCUT2D eigenvalue weighted by atomic mass is 16.3. The SMILES string of the molecule is CC(C)[C@H](N)C(=O)N[C@@H](Cc1ccccc1)C(O)[C@H](Cc1ccccc1)NC(=O)[C@@H](N)C(C)C. The number of carbonyl (C=O) groups excluding carboxylic acids is 2. The van der Waals surface area contributed by atoms with Crippen LogP contribution in [0.4, 0.5) is 0 Å². The van der Waals surface area contributed by atoms with Gasteiger partial charge in [-0.05, 0) is 35.8 Å². The van der Waals surface area contributed by atoms with Gasteiger partial charge in [-0.1, -0.05) is 88.4 Å². The van der Waals surface area contributed by atoms with Crippen molar-refractivity contribution in [1.82, 2.24) is 10.6 Å². The molecule has 0 heterocycles. The summed E-state index contributed by atoms with van der Waals surface area (Å²) in [5.74, 6) is -0.783. The number of aliphatic hydroxyl groups is 1. The molecule has 4 atom stereocenters. The first-order valence-electron chi connectivity index (χ1n) is 12.0. The second-order valence-electron chi connectivity index (χ2n) is 9.64. The maximum absolute atomic E-state index is 12.8. The lowest BCUT2D eigenvalue weighted by atomic mass is 9.91. The fourth-order valence-electron chi connectivity index (χ4n) is 3.69. The van der Waals surface area contributed by atoms with E-state index in [1.165, 1.54) is 0 Å². The number of hydrogen-bond donors (Lipinski definition) is 5. The molecule has 2 aromatic rings. The lowest BCUT2D eigenvalue weighted by Gasteiger charge is -2.33. The molecule has 0 aromatic heterocycles. The minimum Gasteiger partial charge on any atom is -0.389 e. The first kappa shape index (κ1) is 27.5. The van der Waals surface area contributed by atoms with Crippen molar-refractivity contribution >= 4 is 11.8 Å². The maximum Gasteiger partial charge on any atom is 0.237 e. The molecule has 0 aliphatic rings. The van der Waals surface area contributed by atoms with Crippen LogP contribution in [0.5, 0.6) is 0 Å². The Morgan fingerprint density at radius 1 is 0.706 bits per heavy atom. The van der Waals surface area contributed by atoms with Gasteiger partial charge in [0.05, 0.1) is 30.3 Å². The van der Waals surface area contributed by atoms with Gasteiger partial charge in [0.25, 0.3) is 0 Å². The molecule has 186 valence electrons. The van der Waals surface area contributed by atoms with E-state index >= 15 is 0 Å². The standard InChI is InChI=1S/C27H40N4O3/c1-17(2)23(28)26(33)30-21(15-19-11-7-5-8-12-19)25(32)22(16-20-13-9-6-10-14-20)31-27(34)24(29)18(3)4/h5-14,17-18,21-25,32H,15-16,28-29H2,1-4H3,(H,30,33)(H,31,34)/t21-,22-,23-,24-/m0/s1. The summed E-state index contributed by atoms with van der Waals surface area (Å²) >= 11 is 0. The molecule has 0 saturated heterocycles. The number of hydrogen-bond acceptors (Lipinski definition) is 5. The fraction of sp³-hybridized carbons (Fsp3) is 0.481. The van der Waals surface area contributed by atoms with Crippen molar-refractivity contribution in [2.45, 2.75) is 70.8 Å². The molecular formula is C27H40N4O3. The summed E-state index contributed by atoms with van der Waals surface area (Å²) in [6.45, 7) is 7.49. The Kier molecular flexibility index (Phi) is 10.7. The average Bonchev–Trinajstić information content (AvgIpc) is 2.82. The lowest BCUT2D eigenvalue weighted by Crippen LogP contribution is -2.60. The lowest BCUT2D eigenvalue weighted by molar-refractivity contribution is -0.125. The Bertz CT molecular complexity index is 816. The monoisotopic (exact) mass is 468 g/mol. The van der Waals surface area contributed by atoms with E-state index in [4.69, 9.17) is 11.5 Å². The highest BCUT2D eigenvalue weighted by Gasteiger charge is 2.33. The molecule has 0 aliphatic heterocycles. The van der Waals surface area contributed by atoms with Crippen molar-refractivity contribution in [3.8, 4) is 0 Å². The van der Waals surface area contributed by atoms with E-state index in [1.807, 2.05) is 88.4 Å². The predicted octanol–water partition coefficient (Wildman–Crippen LogP) is 1.77. The zero-order valence-corrected chi connectivity index (χ0v) is 20.6. The van der Waals surface area contributed by atoms with Gasteiger partial charge < -0.3 is 27.2 Å². The number of rotatable bonds is 12. The van der Waals surface area contributed by atoms with Crippen molar-refractivity contribution in [2.24, 2.45) is 23.3 Å². The highest BCUT2D eigenvalue weighted by molar-refractivity contribution is 5.83. The van der Waals surface area contributed by atoms with E-state index < -0.39 is 30.3 Å². The molecule has 0 saturated carbocycles. The zero-order valence-electron chi connectivity index (χ0n) is 20.6. The Morgan fingerprint density at radius 2 is 1.03 bits per heavy atom. The summed E-state index contributed by atoms with van der Waals surface area (Å²) in [7, 11) is 0. The number of aliphatic hydroxyl groups excluding tert-OH is 1. The molecule has 0 radical (unpaired) electrons. The second kappa shape index (κ2) is 13.2. The Balaban J connectivity index is 2.34. The second-order valence-corrected chi connectivity index (χ2v) is 9.64. The molecule has 0 fully saturated rings. The maximum atomic E-state index is 12.8. The van der Waals surface area contributed by atoms with Gasteiger partial charge in [-0.2, -0.15) is 0 Å². The van der Waals surface area contributed by atoms with Gasteiger partial charge in [0, 0.05) is 0 Å². The van der Waals surface area contributed by atoms with Crippen molar-refractivity contribution < 1.29 is 14.7 Å². The smallest absolute Gasteiger partial charge is 0.237 e. The van der Waals surface area contributed by atoms with Gasteiger partial charge in [0.2, 0.25) is 11.8 Å². The third-order valence-corrected chi connectivity index (χ3v) is 6.12. The van der Waals surface area contributed by atoms with E-state index in [9.17, 15) is 14.7 Å². The van der Waals surface area contributed by atoms with Gasteiger partial charge in [0.15, 0.2) is 0 Å². The largest absolute Gasteiger partial charge is 0.389 e. The van der Waals surface area contributed by atoms with Gasteiger partial charge in [-0.25, -0.2) is 0 Å². The summed E-state index contributed by atoms with van der Waals surface area (Å²) in [6, 6.07) is 16.5. The van der Waals surface area contributed by atoms with Crippen LogP contribution in [-0.4, -0.2) is 47.2 Å². The summed E-state index contributed by atoms with van der Waals surface area (Å²) in [5, 5.41) is 17.4. The summed E-state index contributed by atoms with van der Waals surface area (Å²) < 4.78 is 0. The fourth-order valence-corrected chi connectivity index (χ4v) is 3.69. The van der Waals surface area contributed by atoms with Crippen LogP contribution in [0.25, 0.3) is 0 Å². The summed E-state index contributed by atoms with van der Waals surface area (Å²) in [6.07, 6.45) is -0.307. The number of benzene rings is 2. The normalized spacial score (nSPS) is 15.1. The summed E-state index contributed by atoms with van der Waals surface area (Å²) in [5.41, 5.74) is 14.1. The van der Waals surface area contributed by atoms with Crippen LogP contribution in [0.3, 0.4) is 0 Å². The molecular weight excluding hydrogens is 428 g/mol. The topological polar surface area (TPSA) is 130 Å². The number of carbonyl (C=O) groups is 2. The molecule has 0 spiro atoms. The predicted molar refractivity (Wildman–Crippen MR) is 136 cm³/mol. The molecule has 7 N–H and O–H groups in total. The number of nitrogens with two attached hydrogens (primary N) is 2. The van der Waals surface area contributed by atoms with Crippen molar-refractivity contribution in [2.75, 3.05) is 0 Å². The average molecular weight is 469 g/mol. The van der Waals surface area contributed by atoms with Crippen molar-refractivity contribution in [3.05, 3.63) is 71.8 Å². The minimum atomic E-state index is -1.08. The van der Waals surface area contributed by atoms with Gasteiger partial charge in [-0.3, -0.25) is 9.59 Å².